The summed E-state index contributed by atoms with van der Waals surface area (Å²) in [6.45, 7) is 4.24. The van der Waals surface area contributed by atoms with Crippen LogP contribution in [0.3, 0.4) is 0 Å². The van der Waals surface area contributed by atoms with Gasteiger partial charge in [-0.1, -0.05) is 12.1 Å². The van der Waals surface area contributed by atoms with Crippen LogP contribution in [0.25, 0.3) is 0 Å². The number of rotatable bonds is 8. The summed E-state index contributed by atoms with van der Waals surface area (Å²) < 4.78 is 10.7. The number of methoxy groups -OCH3 is 1. The molecule has 1 atom stereocenters. The Morgan fingerprint density at radius 1 is 1.19 bits per heavy atom. The molecular weight excluding hydrogens is 336 g/mol. The maximum atomic E-state index is 12.6. The van der Waals surface area contributed by atoms with Crippen LogP contribution < -0.4 is 9.47 Å². The number of hydrogen-bond acceptors (Lipinski definition) is 5. The lowest BCUT2D eigenvalue weighted by Crippen LogP contribution is -2.36. The first kappa shape index (κ1) is 19.2. The van der Waals surface area contributed by atoms with Crippen LogP contribution in [0.2, 0.25) is 0 Å². The molecule has 7 nitrogen and oxygen atoms in total. The maximum absolute atomic E-state index is 12.6. The summed E-state index contributed by atoms with van der Waals surface area (Å²) in [5.74, 6) is 0.982. The fraction of sp³-hybridized carbons (Fsp3) is 0.316. The molecule has 0 bridgehead atoms. The largest absolute Gasteiger partial charge is 0.497 e. The second-order valence-corrected chi connectivity index (χ2v) is 5.67. The first-order valence-electron chi connectivity index (χ1n) is 8.27. The molecule has 0 saturated heterocycles. The minimum atomic E-state index is -0.483. The van der Waals surface area contributed by atoms with E-state index in [4.69, 9.17) is 9.47 Å². The number of nitrogens with zero attached hydrogens (tertiary/aromatic N) is 2. The van der Waals surface area contributed by atoms with Crippen LogP contribution in [-0.2, 0) is 4.79 Å². The van der Waals surface area contributed by atoms with Gasteiger partial charge in [0.1, 0.15) is 11.5 Å². The van der Waals surface area contributed by atoms with Gasteiger partial charge in [0, 0.05) is 18.7 Å². The first-order chi connectivity index (χ1) is 12.5. The summed E-state index contributed by atoms with van der Waals surface area (Å²) in [5.41, 5.74) is 0.945. The molecule has 0 aliphatic carbocycles. The predicted molar refractivity (Wildman–Crippen MR) is 97.4 cm³/mol. The molecule has 0 heterocycles. The van der Waals surface area contributed by atoms with Crippen molar-refractivity contribution >= 4 is 11.6 Å². The molecular formula is C19H22N2O5. The van der Waals surface area contributed by atoms with Gasteiger partial charge in [-0.15, -0.1) is 0 Å². The van der Waals surface area contributed by atoms with Gasteiger partial charge in [-0.3, -0.25) is 14.9 Å². The molecule has 2 aromatic rings. The number of ether oxygens (including phenoxy) is 2. The average Bonchev–Trinajstić information content (AvgIpc) is 2.67. The highest BCUT2D eigenvalue weighted by Gasteiger charge is 2.21. The summed E-state index contributed by atoms with van der Waals surface area (Å²) >= 11 is 0. The van der Waals surface area contributed by atoms with Crippen molar-refractivity contribution in [1.29, 1.82) is 0 Å². The number of non-ortho nitro benzene ring substituents is 1. The minimum Gasteiger partial charge on any atom is -0.497 e. The van der Waals surface area contributed by atoms with Crippen molar-refractivity contribution in [3.63, 3.8) is 0 Å². The van der Waals surface area contributed by atoms with E-state index < -0.39 is 4.92 Å². The molecule has 2 rings (SSSR count). The molecule has 26 heavy (non-hydrogen) atoms. The fourth-order valence-corrected chi connectivity index (χ4v) is 2.64. The lowest BCUT2D eigenvalue weighted by molar-refractivity contribution is -0.384. The second kappa shape index (κ2) is 8.84. The van der Waals surface area contributed by atoms with Gasteiger partial charge in [0.15, 0.2) is 6.61 Å². The zero-order chi connectivity index (χ0) is 19.1. The van der Waals surface area contributed by atoms with Crippen molar-refractivity contribution in [1.82, 2.24) is 4.90 Å². The monoisotopic (exact) mass is 358 g/mol. The first-order valence-corrected chi connectivity index (χ1v) is 8.27. The normalized spacial score (nSPS) is 11.5. The lowest BCUT2D eigenvalue weighted by atomic mass is 10.1. The Labute approximate surface area is 152 Å². The zero-order valence-corrected chi connectivity index (χ0v) is 15.0. The number of likely N-dealkylation sites (N-methyl/N-ethyl adjacent to an activating group) is 1. The molecule has 0 radical (unpaired) electrons. The van der Waals surface area contributed by atoms with Crippen molar-refractivity contribution < 1.29 is 19.2 Å². The third kappa shape index (κ3) is 4.72. The van der Waals surface area contributed by atoms with Gasteiger partial charge < -0.3 is 14.4 Å². The Bertz CT molecular complexity index is 761. The van der Waals surface area contributed by atoms with Crippen LogP contribution in [0.4, 0.5) is 5.69 Å². The van der Waals surface area contributed by atoms with Crippen molar-refractivity contribution in [2.45, 2.75) is 19.9 Å². The SMILES string of the molecule is CCN(C(=O)COc1ccc([N+](=O)[O-])cc1)C(C)c1cccc(OC)c1. The van der Waals surface area contributed by atoms with E-state index in [1.807, 2.05) is 38.1 Å². The van der Waals surface area contributed by atoms with Gasteiger partial charge in [-0.25, -0.2) is 0 Å². The molecule has 0 saturated carbocycles. The number of hydrogen-bond donors (Lipinski definition) is 0. The molecule has 0 fully saturated rings. The predicted octanol–water partition coefficient (Wildman–Crippen LogP) is 3.59. The number of nitro benzene ring substituents is 1. The Morgan fingerprint density at radius 2 is 1.88 bits per heavy atom. The van der Waals surface area contributed by atoms with E-state index in [2.05, 4.69) is 0 Å². The Hall–Kier alpha value is -3.09. The molecule has 0 aliphatic heterocycles. The van der Waals surface area contributed by atoms with Gasteiger partial charge in [0.25, 0.3) is 11.6 Å². The van der Waals surface area contributed by atoms with E-state index >= 15 is 0 Å². The van der Waals surface area contributed by atoms with Gasteiger partial charge in [-0.05, 0) is 43.7 Å². The van der Waals surface area contributed by atoms with Crippen LogP contribution in [0.1, 0.15) is 25.5 Å². The molecule has 0 aliphatic rings. The number of carbonyl (C=O) groups excluding carboxylic acids is 1. The topological polar surface area (TPSA) is 81.9 Å². The number of benzene rings is 2. The van der Waals surface area contributed by atoms with Gasteiger partial charge >= 0.3 is 0 Å². The molecule has 1 amide bonds. The number of amides is 1. The van der Waals surface area contributed by atoms with Crippen molar-refractivity contribution in [3.8, 4) is 11.5 Å². The van der Waals surface area contributed by atoms with Crippen molar-refractivity contribution in [2.24, 2.45) is 0 Å². The Balaban J connectivity index is 2.02. The molecule has 0 aromatic heterocycles. The summed E-state index contributed by atoms with van der Waals surface area (Å²) in [4.78, 5) is 24.4. The van der Waals surface area contributed by atoms with Crippen molar-refractivity contribution in [3.05, 3.63) is 64.2 Å². The van der Waals surface area contributed by atoms with Crippen LogP contribution in [0.5, 0.6) is 11.5 Å². The highest BCUT2D eigenvalue weighted by atomic mass is 16.6. The van der Waals surface area contributed by atoms with E-state index in [-0.39, 0.29) is 24.2 Å². The standard InChI is InChI=1S/C19H22N2O5/c1-4-20(14(2)15-6-5-7-18(12-15)25-3)19(22)13-26-17-10-8-16(9-11-17)21(23)24/h5-12,14H,4,13H2,1-3H3. The molecule has 0 N–H and O–H groups in total. The molecule has 2 aromatic carbocycles. The van der Waals surface area contributed by atoms with Gasteiger partial charge in [0.05, 0.1) is 18.1 Å². The summed E-state index contributed by atoms with van der Waals surface area (Å²) in [6.07, 6.45) is 0. The van der Waals surface area contributed by atoms with Crippen molar-refractivity contribution in [2.75, 3.05) is 20.3 Å². The smallest absolute Gasteiger partial charge is 0.269 e. The maximum Gasteiger partial charge on any atom is 0.269 e. The second-order valence-electron chi connectivity index (χ2n) is 5.67. The number of carbonyl (C=O) groups is 1. The summed E-state index contributed by atoms with van der Waals surface area (Å²) in [5, 5.41) is 10.7. The van der Waals surface area contributed by atoms with Crippen LogP contribution in [0.15, 0.2) is 48.5 Å². The number of nitro groups is 1. The summed E-state index contributed by atoms with van der Waals surface area (Å²) in [7, 11) is 1.60. The summed E-state index contributed by atoms with van der Waals surface area (Å²) in [6, 6.07) is 13.1. The van der Waals surface area contributed by atoms with Crippen LogP contribution >= 0.6 is 0 Å². The van der Waals surface area contributed by atoms with Crippen LogP contribution in [-0.4, -0.2) is 36.0 Å². The lowest BCUT2D eigenvalue weighted by Gasteiger charge is -2.28. The minimum absolute atomic E-state index is 0.0227. The highest BCUT2D eigenvalue weighted by molar-refractivity contribution is 5.78. The van der Waals surface area contributed by atoms with Gasteiger partial charge in [-0.2, -0.15) is 0 Å². The Morgan fingerprint density at radius 3 is 2.46 bits per heavy atom. The highest BCUT2D eigenvalue weighted by Crippen LogP contribution is 2.24. The van der Waals surface area contributed by atoms with E-state index in [0.29, 0.717) is 12.3 Å². The van der Waals surface area contributed by atoms with E-state index in [1.165, 1.54) is 24.3 Å². The van der Waals surface area contributed by atoms with E-state index in [1.54, 1.807) is 12.0 Å². The molecule has 7 heteroatoms. The van der Waals surface area contributed by atoms with Gasteiger partial charge in [0.2, 0.25) is 0 Å². The third-order valence-corrected chi connectivity index (χ3v) is 4.11. The fourth-order valence-electron chi connectivity index (χ4n) is 2.64. The molecule has 1 unspecified atom stereocenters. The van der Waals surface area contributed by atoms with E-state index in [0.717, 1.165) is 11.3 Å². The molecule has 138 valence electrons. The Kier molecular flexibility index (Phi) is 6.54. The quantitative estimate of drug-likeness (QED) is 0.532. The van der Waals surface area contributed by atoms with Crippen LogP contribution in [0, 0.1) is 10.1 Å². The average molecular weight is 358 g/mol. The third-order valence-electron chi connectivity index (χ3n) is 4.11. The molecule has 0 spiro atoms. The van der Waals surface area contributed by atoms with E-state index in [9.17, 15) is 14.9 Å². The zero-order valence-electron chi connectivity index (χ0n) is 15.0.